The largest absolute Gasteiger partial charge is 0.373 e. The molecule has 1 aromatic rings. The first-order valence-electron chi connectivity index (χ1n) is 9.83. The smallest absolute Gasteiger partial charge is 0.226 e. The zero-order valence-electron chi connectivity index (χ0n) is 14.6. The Kier molecular flexibility index (Phi) is 4.88. The third-order valence-electron chi connectivity index (χ3n) is 6.18. The van der Waals surface area contributed by atoms with Crippen LogP contribution in [0, 0.1) is 0 Å². The molecule has 1 atom stereocenters. The summed E-state index contributed by atoms with van der Waals surface area (Å²) in [5.74, 6) is 0.329. The van der Waals surface area contributed by atoms with Gasteiger partial charge in [0.1, 0.15) is 0 Å². The zero-order chi connectivity index (χ0) is 16.4. The summed E-state index contributed by atoms with van der Waals surface area (Å²) in [5.41, 5.74) is 2.59. The van der Waals surface area contributed by atoms with Crippen molar-refractivity contribution in [3.05, 3.63) is 35.4 Å². The minimum absolute atomic E-state index is 0.0484. The number of ether oxygens (including phenoxy) is 1. The van der Waals surface area contributed by atoms with E-state index in [1.165, 1.54) is 62.5 Å². The summed E-state index contributed by atoms with van der Waals surface area (Å²) in [6, 6.07) is 9.45. The molecule has 3 aliphatic rings. The van der Waals surface area contributed by atoms with Gasteiger partial charge in [0.2, 0.25) is 5.91 Å². The normalized spacial score (nSPS) is 24.9. The summed E-state index contributed by atoms with van der Waals surface area (Å²) in [6.07, 6.45) is 11.4. The van der Waals surface area contributed by atoms with Crippen LogP contribution in [0.4, 0.5) is 0 Å². The molecule has 0 spiro atoms. The fourth-order valence-electron chi connectivity index (χ4n) is 4.98. The van der Waals surface area contributed by atoms with Crippen molar-refractivity contribution >= 4 is 5.91 Å². The van der Waals surface area contributed by atoms with Crippen LogP contribution in [-0.2, 0) is 16.0 Å². The SMILES string of the molecule is O=C(CC1OCCc2ccccc21)N(C1CCCC1)C1CCCC1. The lowest BCUT2D eigenvalue weighted by Gasteiger charge is -2.36. The van der Waals surface area contributed by atoms with Crippen LogP contribution >= 0.6 is 0 Å². The maximum Gasteiger partial charge on any atom is 0.226 e. The summed E-state index contributed by atoms with van der Waals surface area (Å²) in [7, 11) is 0. The minimum atomic E-state index is -0.0484. The highest BCUT2D eigenvalue weighted by molar-refractivity contribution is 5.78. The first-order chi connectivity index (χ1) is 11.8. The van der Waals surface area contributed by atoms with E-state index in [0.29, 0.717) is 24.4 Å². The fraction of sp³-hybridized carbons (Fsp3) is 0.667. The Balaban J connectivity index is 1.51. The molecule has 0 radical (unpaired) electrons. The van der Waals surface area contributed by atoms with Gasteiger partial charge in [-0.15, -0.1) is 0 Å². The molecule has 24 heavy (non-hydrogen) atoms. The Labute approximate surface area is 145 Å². The van der Waals surface area contributed by atoms with Gasteiger partial charge < -0.3 is 9.64 Å². The van der Waals surface area contributed by atoms with Gasteiger partial charge in [0.05, 0.1) is 19.1 Å². The number of hydrogen-bond donors (Lipinski definition) is 0. The van der Waals surface area contributed by atoms with Gasteiger partial charge in [-0.1, -0.05) is 49.9 Å². The number of carbonyl (C=O) groups is 1. The van der Waals surface area contributed by atoms with E-state index in [2.05, 4.69) is 29.2 Å². The number of hydrogen-bond acceptors (Lipinski definition) is 2. The van der Waals surface area contributed by atoms with Crippen LogP contribution in [0.3, 0.4) is 0 Å². The molecule has 2 fully saturated rings. The van der Waals surface area contributed by atoms with Gasteiger partial charge in [0, 0.05) is 12.1 Å². The summed E-state index contributed by atoms with van der Waals surface area (Å²) in [6.45, 7) is 0.738. The molecule has 1 aromatic carbocycles. The van der Waals surface area contributed by atoms with E-state index in [1.807, 2.05) is 0 Å². The number of benzene rings is 1. The molecular weight excluding hydrogens is 298 g/mol. The van der Waals surface area contributed by atoms with Crippen LogP contribution in [0.5, 0.6) is 0 Å². The van der Waals surface area contributed by atoms with E-state index in [1.54, 1.807) is 0 Å². The Hall–Kier alpha value is -1.35. The lowest BCUT2D eigenvalue weighted by molar-refractivity contribution is -0.139. The average molecular weight is 327 g/mol. The zero-order valence-corrected chi connectivity index (χ0v) is 14.6. The quantitative estimate of drug-likeness (QED) is 0.820. The van der Waals surface area contributed by atoms with Gasteiger partial charge in [0.25, 0.3) is 0 Å². The predicted octanol–water partition coefficient (Wildman–Crippen LogP) is 4.40. The molecule has 4 rings (SSSR count). The number of nitrogens with zero attached hydrogens (tertiary/aromatic N) is 1. The van der Waals surface area contributed by atoms with Crippen LogP contribution in [-0.4, -0.2) is 29.5 Å². The topological polar surface area (TPSA) is 29.5 Å². The first-order valence-corrected chi connectivity index (χ1v) is 9.83. The molecule has 1 heterocycles. The summed E-state index contributed by atoms with van der Waals surface area (Å²) in [4.78, 5) is 15.5. The van der Waals surface area contributed by atoms with Crippen LogP contribution in [0.2, 0.25) is 0 Å². The summed E-state index contributed by atoms with van der Waals surface area (Å²) >= 11 is 0. The monoisotopic (exact) mass is 327 g/mol. The Morgan fingerprint density at radius 3 is 2.29 bits per heavy atom. The molecule has 2 aliphatic carbocycles. The van der Waals surface area contributed by atoms with Crippen LogP contribution in [0.25, 0.3) is 0 Å². The van der Waals surface area contributed by atoms with Crippen molar-refractivity contribution in [2.24, 2.45) is 0 Å². The molecule has 0 N–H and O–H groups in total. The second-order valence-corrected chi connectivity index (χ2v) is 7.69. The van der Waals surface area contributed by atoms with Crippen molar-refractivity contribution in [2.75, 3.05) is 6.61 Å². The van der Waals surface area contributed by atoms with Gasteiger partial charge in [0.15, 0.2) is 0 Å². The van der Waals surface area contributed by atoms with Crippen molar-refractivity contribution in [1.29, 1.82) is 0 Å². The van der Waals surface area contributed by atoms with Gasteiger partial charge in [-0.3, -0.25) is 4.79 Å². The Morgan fingerprint density at radius 1 is 1.00 bits per heavy atom. The Bertz CT molecular complexity index is 557. The van der Waals surface area contributed by atoms with E-state index >= 15 is 0 Å². The molecule has 1 amide bonds. The second-order valence-electron chi connectivity index (χ2n) is 7.69. The van der Waals surface area contributed by atoms with E-state index in [-0.39, 0.29) is 6.10 Å². The van der Waals surface area contributed by atoms with Gasteiger partial charge in [-0.05, 0) is 43.2 Å². The van der Waals surface area contributed by atoms with Crippen LogP contribution in [0.15, 0.2) is 24.3 Å². The lowest BCUT2D eigenvalue weighted by Crippen LogP contribution is -2.45. The standard InChI is InChI=1S/C21H29NO2/c23-21(15-20-19-12-6-1-7-16(19)13-14-24-20)22(17-8-2-3-9-17)18-10-4-5-11-18/h1,6-7,12,17-18,20H,2-5,8-11,13-15H2. The number of fused-ring (bicyclic) bond motifs is 1. The van der Waals surface area contributed by atoms with Crippen molar-refractivity contribution in [2.45, 2.75) is 82.4 Å². The molecule has 130 valence electrons. The molecule has 0 bridgehead atoms. The fourth-order valence-corrected chi connectivity index (χ4v) is 4.98. The number of rotatable bonds is 4. The van der Waals surface area contributed by atoms with E-state index in [4.69, 9.17) is 4.74 Å². The highest BCUT2D eigenvalue weighted by atomic mass is 16.5. The second kappa shape index (κ2) is 7.26. The van der Waals surface area contributed by atoms with Crippen molar-refractivity contribution in [3.63, 3.8) is 0 Å². The van der Waals surface area contributed by atoms with Crippen molar-refractivity contribution in [1.82, 2.24) is 4.90 Å². The predicted molar refractivity (Wildman–Crippen MR) is 94.8 cm³/mol. The highest BCUT2D eigenvalue weighted by Crippen LogP contribution is 2.35. The van der Waals surface area contributed by atoms with Crippen LogP contribution < -0.4 is 0 Å². The number of carbonyl (C=O) groups excluding carboxylic acids is 1. The third kappa shape index (κ3) is 3.23. The summed E-state index contributed by atoms with van der Waals surface area (Å²) in [5, 5.41) is 0. The minimum Gasteiger partial charge on any atom is -0.373 e. The van der Waals surface area contributed by atoms with Crippen molar-refractivity contribution in [3.8, 4) is 0 Å². The Morgan fingerprint density at radius 2 is 1.62 bits per heavy atom. The molecule has 0 saturated heterocycles. The molecular formula is C21H29NO2. The van der Waals surface area contributed by atoms with Gasteiger partial charge in [-0.2, -0.15) is 0 Å². The molecule has 2 saturated carbocycles. The molecule has 3 heteroatoms. The number of amides is 1. The van der Waals surface area contributed by atoms with E-state index in [9.17, 15) is 4.79 Å². The highest BCUT2D eigenvalue weighted by Gasteiger charge is 2.35. The van der Waals surface area contributed by atoms with E-state index in [0.717, 1.165) is 13.0 Å². The maximum absolute atomic E-state index is 13.2. The average Bonchev–Trinajstić information content (AvgIpc) is 3.30. The lowest BCUT2D eigenvalue weighted by atomic mass is 9.95. The van der Waals surface area contributed by atoms with Crippen molar-refractivity contribution < 1.29 is 9.53 Å². The molecule has 0 aromatic heterocycles. The third-order valence-corrected chi connectivity index (χ3v) is 6.18. The van der Waals surface area contributed by atoms with Crippen LogP contribution in [0.1, 0.15) is 75.0 Å². The van der Waals surface area contributed by atoms with Gasteiger partial charge in [-0.25, -0.2) is 0 Å². The maximum atomic E-state index is 13.2. The van der Waals surface area contributed by atoms with E-state index < -0.39 is 0 Å². The molecule has 3 nitrogen and oxygen atoms in total. The van der Waals surface area contributed by atoms with Gasteiger partial charge >= 0.3 is 0 Å². The first kappa shape index (κ1) is 16.1. The molecule has 1 aliphatic heterocycles. The summed E-state index contributed by atoms with van der Waals surface area (Å²) < 4.78 is 6.00. The molecule has 1 unspecified atom stereocenters.